The number of rotatable bonds is 8. The molecule has 1 fully saturated rings. The normalized spacial score (nSPS) is 17.6. The van der Waals surface area contributed by atoms with Crippen LogP contribution in [0.15, 0.2) is 72.3 Å². The smallest absolute Gasteiger partial charge is 0.295 e. The highest BCUT2D eigenvalue weighted by atomic mass is 16.5. The lowest BCUT2D eigenvalue weighted by molar-refractivity contribution is -0.140. The minimum absolute atomic E-state index is 0.00330. The molecule has 1 N–H and O–H groups in total. The zero-order valence-electron chi connectivity index (χ0n) is 19.7. The fourth-order valence-corrected chi connectivity index (χ4v) is 4.33. The molecule has 6 heteroatoms. The van der Waals surface area contributed by atoms with E-state index >= 15 is 0 Å². The summed E-state index contributed by atoms with van der Waals surface area (Å²) in [6, 6.07) is 19.7. The Morgan fingerprint density at radius 1 is 1.00 bits per heavy atom. The Kier molecular flexibility index (Phi) is 6.98. The van der Waals surface area contributed by atoms with Crippen molar-refractivity contribution >= 4 is 28.2 Å². The number of Topliss-reactive ketones (excluding diaryl/α,β-unsaturated/α-hetero) is 1. The molecule has 1 aliphatic heterocycles. The van der Waals surface area contributed by atoms with Crippen molar-refractivity contribution in [2.24, 2.45) is 0 Å². The fourth-order valence-electron chi connectivity index (χ4n) is 4.33. The molecule has 1 unspecified atom stereocenters. The summed E-state index contributed by atoms with van der Waals surface area (Å²) in [5.74, 6) is -0.830. The Bertz CT molecular complexity index is 1220. The van der Waals surface area contributed by atoms with Crippen LogP contribution < -0.4 is 4.74 Å². The van der Waals surface area contributed by atoms with E-state index in [-0.39, 0.29) is 30.6 Å². The number of hydrogen-bond acceptors (Lipinski definition) is 5. The molecule has 0 radical (unpaired) electrons. The van der Waals surface area contributed by atoms with Gasteiger partial charge < -0.3 is 19.5 Å². The Balaban J connectivity index is 1.84. The summed E-state index contributed by atoms with van der Waals surface area (Å²) in [6.45, 7) is 6.78. The topological polar surface area (TPSA) is 76.1 Å². The van der Waals surface area contributed by atoms with Gasteiger partial charge in [0.25, 0.3) is 11.7 Å². The molecule has 3 aromatic carbocycles. The van der Waals surface area contributed by atoms with Crippen molar-refractivity contribution in [1.82, 2.24) is 4.90 Å². The first-order chi connectivity index (χ1) is 16.4. The first-order valence-electron chi connectivity index (χ1n) is 11.5. The maximum atomic E-state index is 13.2. The number of ether oxygens (including phenoxy) is 2. The molecule has 1 amide bonds. The quantitative estimate of drug-likeness (QED) is 0.289. The van der Waals surface area contributed by atoms with Gasteiger partial charge in [-0.2, -0.15) is 0 Å². The molecule has 4 rings (SSSR count). The van der Waals surface area contributed by atoms with Gasteiger partial charge in [-0.1, -0.05) is 54.6 Å². The van der Waals surface area contributed by atoms with Crippen molar-refractivity contribution in [3.8, 4) is 5.75 Å². The molecule has 0 aliphatic carbocycles. The van der Waals surface area contributed by atoms with Gasteiger partial charge in [0.1, 0.15) is 11.5 Å². The monoisotopic (exact) mass is 459 g/mol. The lowest BCUT2D eigenvalue weighted by Crippen LogP contribution is -2.33. The first-order valence-corrected chi connectivity index (χ1v) is 11.5. The summed E-state index contributed by atoms with van der Waals surface area (Å²) in [7, 11) is 0. The fraction of sp³-hybridized carbons (Fsp3) is 0.286. The highest BCUT2D eigenvalue weighted by Crippen LogP contribution is 2.40. The number of hydrogen-bond donors (Lipinski definition) is 1. The highest BCUT2D eigenvalue weighted by molar-refractivity contribution is 6.46. The lowest BCUT2D eigenvalue weighted by Gasteiger charge is -2.26. The number of nitrogens with zero attached hydrogens (tertiary/aromatic N) is 1. The average Bonchev–Trinajstić information content (AvgIpc) is 3.09. The number of amides is 1. The van der Waals surface area contributed by atoms with Crippen molar-refractivity contribution in [2.75, 3.05) is 19.8 Å². The van der Waals surface area contributed by atoms with Crippen LogP contribution in [0.4, 0.5) is 0 Å². The van der Waals surface area contributed by atoms with E-state index in [1.807, 2.05) is 81.4 Å². The van der Waals surface area contributed by atoms with E-state index in [0.717, 1.165) is 10.8 Å². The third kappa shape index (κ3) is 4.54. The summed E-state index contributed by atoms with van der Waals surface area (Å²) >= 11 is 0. The summed E-state index contributed by atoms with van der Waals surface area (Å²) in [5, 5.41) is 13.2. The maximum Gasteiger partial charge on any atom is 0.295 e. The summed E-state index contributed by atoms with van der Waals surface area (Å²) in [6.07, 6.45) is -0.00330. The predicted octanol–water partition coefficient (Wildman–Crippen LogP) is 5.09. The number of carbonyl (C=O) groups is 2. The highest BCUT2D eigenvalue weighted by Gasteiger charge is 2.46. The van der Waals surface area contributed by atoms with Gasteiger partial charge in [0, 0.05) is 12.1 Å². The van der Waals surface area contributed by atoms with Crippen LogP contribution in [0.1, 0.15) is 37.9 Å². The first kappa shape index (κ1) is 23.5. The van der Waals surface area contributed by atoms with E-state index in [0.29, 0.717) is 23.5 Å². The molecule has 1 aliphatic rings. The number of aliphatic hydroxyl groups excluding tert-OH is 1. The molecule has 1 saturated heterocycles. The van der Waals surface area contributed by atoms with Crippen molar-refractivity contribution in [3.05, 3.63) is 83.4 Å². The molecule has 0 bridgehead atoms. The van der Waals surface area contributed by atoms with E-state index in [1.165, 1.54) is 4.90 Å². The van der Waals surface area contributed by atoms with E-state index in [4.69, 9.17) is 9.47 Å². The minimum atomic E-state index is -0.731. The molecule has 6 nitrogen and oxygen atoms in total. The molecule has 176 valence electrons. The lowest BCUT2D eigenvalue weighted by atomic mass is 9.93. The van der Waals surface area contributed by atoms with Crippen LogP contribution in [-0.4, -0.2) is 47.6 Å². The van der Waals surface area contributed by atoms with E-state index < -0.39 is 17.7 Å². The molecule has 1 heterocycles. The third-order valence-electron chi connectivity index (χ3n) is 5.87. The number of benzene rings is 3. The zero-order valence-corrected chi connectivity index (χ0v) is 19.7. The standard InChI is InChI=1S/C28H29NO5/c1-4-33-21-14-12-20(13-15-21)25-24(27(31)28(32)29(25)16-17-34-18(2)3)26(30)23-11-7-9-19-8-5-6-10-22(19)23/h5-15,18,25,30H,4,16-17H2,1-3H3/b26-24-. The molecule has 0 aromatic heterocycles. The van der Waals surface area contributed by atoms with Crippen LogP contribution in [0, 0.1) is 0 Å². The number of fused-ring (bicyclic) bond motifs is 1. The van der Waals surface area contributed by atoms with Crippen molar-refractivity contribution in [1.29, 1.82) is 0 Å². The predicted molar refractivity (Wildman–Crippen MR) is 132 cm³/mol. The van der Waals surface area contributed by atoms with Crippen molar-refractivity contribution in [2.45, 2.75) is 32.9 Å². The Hall–Kier alpha value is -3.64. The van der Waals surface area contributed by atoms with E-state index in [1.54, 1.807) is 6.07 Å². The number of carbonyl (C=O) groups excluding carboxylic acids is 2. The van der Waals surface area contributed by atoms with Crippen molar-refractivity contribution < 1.29 is 24.2 Å². The van der Waals surface area contributed by atoms with Gasteiger partial charge in [-0.3, -0.25) is 9.59 Å². The minimum Gasteiger partial charge on any atom is -0.507 e. The number of aliphatic hydroxyl groups is 1. The molecular weight excluding hydrogens is 430 g/mol. The second-order valence-electron chi connectivity index (χ2n) is 8.44. The molecular formula is C28H29NO5. The van der Waals surface area contributed by atoms with Crippen LogP contribution in [0.5, 0.6) is 5.75 Å². The number of ketones is 1. The van der Waals surface area contributed by atoms with Gasteiger partial charge in [-0.25, -0.2) is 0 Å². The Morgan fingerprint density at radius 2 is 1.71 bits per heavy atom. The largest absolute Gasteiger partial charge is 0.507 e. The number of likely N-dealkylation sites (tertiary alicyclic amines) is 1. The second-order valence-corrected chi connectivity index (χ2v) is 8.44. The second kappa shape index (κ2) is 10.1. The molecule has 3 aromatic rings. The molecule has 0 saturated carbocycles. The summed E-state index contributed by atoms with van der Waals surface area (Å²) < 4.78 is 11.2. The molecule has 1 atom stereocenters. The molecule has 0 spiro atoms. The van der Waals surface area contributed by atoms with Gasteiger partial charge in [-0.15, -0.1) is 0 Å². The Morgan fingerprint density at radius 3 is 2.41 bits per heavy atom. The van der Waals surface area contributed by atoms with Crippen molar-refractivity contribution in [3.63, 3.8) is 0 Å². The maximum absolute atomic E-state index is 13.2. The average molecular weight is 460 g/mol. The summed E-state index contributed by atoms with van der Waals surface area (Å²) in [4.78, 5) is 27.8. The van der Waals surface area contributed by atoms with Gasteiger partial charge in [0.2, 0.25) is 0 Å². The summed E-state index contributed by atoms with van der Waals surface area (Å²) in [5.41, 5.74) is 1.31. The zero-order chi connectivity index (χ0) is 24.2. The van der Waals surface area contributed by atoms with Crippen LogP contribution in [-0.2, 0) is 14.3 Å². The van der Waals surface area contributed by atoms with Gasteiger partial charge in [0.15, 0.2) is 0 Å². The Labute approximate surface area is 199 Å². The van der Waals surface area contributed by atoms with Crippen LogP contribution in [0.3, 0.4) is 0 Å². The van der Waals surface area contributed by atoms with Crippen LogP contribution >= 0.6 is 0 Å². The van der Waals surface area contributed by atoms with Crippen LogP contribution in [0.25, 0.3) is 16.5 Å². The van der Waals surface area contributed by atoms with Gasteiger partial charge in [0.05, 0.1) is 30.9 Å². The van der Waals surface area contributed by atoms with E-state index in [2.05, 4.69) is 0 Å². The van der Waals surface area contributed by atoms with Gasteiger partial charge in [-0.05, 0) is 49.2 Å². The van der Waals surface area contributed by atoms with Crippen LogP contribution in [0.2, 0.25) is 0 Å². The SMILES string of the molecule is CCOc1ccc(C2/C(=C(/O)c3cccc4ccccc34)C(=O)C(=O)N2CCOC(C)C)cc1. The van der Waals surface area contributed by atoms with E-state index in [9.17, 15) is 14.7 Å². The third-order valence-corrected chi connectivity index (χ3v) is 5.87. The van der Waals surface area contributed by atoms with Gasteiger partial charge >= 0.3 is 0 Å². The molecule has 34 heavy (non-hydrogen) atoms.